The number of nitrogens with two attached hydrogens (primary N) is 1. The normalized spacial score (nSPS) is 12.6. The summed E-state index contributed by atoms with van der Waals surface area (Å²) in [5.41, 5.74) is 2.89. The maximum Gasteiger partial charge on any atom is 0.213 e. The van der Waals surface area contributed by atoms with Crippen LogP contribution in [0.3, 0.4) is 0 Å². The minimum atomic E-state index is -0.397. The number of nitrogens with one attached hydrogen (secondary N) is 1. The molecule has 1 aromatic heterocycles. The fourth-order valence-electron chi connectivity index (χ4n) is 0.967. The smallest absolute Gasteiger partial charge is 0.213 e. The first kappa shape index (κ1) is 9.88. The van der Waals surface area contributed by atoms with E-state index in [4.69, 9.17) is 10.6 Å². The van der Waals surface area contributed by atoms with Gasteiger partial charge in [-0.25, -0.2) is 9.37 Å². The standard InChI is InChI=1S/C8H12FN3O/c1-5(12-10)6-3-8(13-2)11-4-7(6)9/h3-5,12H,10H2,1-2H3. The second-order valence-corrected chi connectivity index (χ2v) is 2.64. The van der Waals surface area contributed by atoms with Crippen LogP contribution in [-0.2, 0) is 0 Å². The highest BCUT2D eigenvalue weighted by atomic mass is 19.1. The summed E-state index contributed by atoms with van der Waals surface area (Å²) in [6.45, 7) is 1.75. The van der Waals surface area contributed by atoms with Crippen molar-refractivity contribution in [1.29, 1.82) is 0 Å². The topological polar surface area (TPSA) is 60.2 Å². The van der Waals surface area contributed by atoms with Crippen molar-refractivity contribution < 1.29 is 9.13 Å². The lowest BCUT2D eigenvalue weighted by atomic mass is 10.1. The van der Waals surface area contributed by atoms with Gasteiger partial charge in [-0.1, -0.05) is 0 Å². The van der Waals surface area contributed by atoms with Gasteiger partial charge in [-0.15, -0.1) is 0 Å². The summed E-state index contributed by atoms with van der Waals surface area (Å²) in [5, 5.41) is 0. The number of pyridine rings is 1. The van der Waals surface area contributed by atoms with Crippen molar-refractivity contribution in [3.8, 4) is 5.88 Å². The van der Waals surface area contributed by atoms with E-state index >= 15 is 0 Å². The predicted molar refractivity (Wildman–Crippen MR) is 46.5 cm³/mol. The molecule has 1 heterocycles. The van der Waals surface area contributed by atoms with Crippen molar-refractivity contribution in [2.45, 2.75) is 13.0 Å². The van der Waals surface area contributed by atoms with E-state index in [0.29, 0.717) is 11.4 Å². The van der Waals surface area contributed by atoms with Crippen LogP contribution in [0.5, 0.6) is 5.88 Å². The third kappa shape index (κ3) is 2.13. The van der Waals surface area contributed by atoms with E-state index in [1.165, 1.54) is 13.2 Å². The van der Waals surface area contributed by atoms with Crippen molar-refractivity contribution in [3.63, 3.8) is 0 Å². The largest absolute Gasteiger partial charge is 0.481 e. The van der Waals surface area contributed by atoms with Crippen molar-refractivity contribution in [2.75, 3.05) is 7.11 Å². The molecule has 0 spiro atoms. The summed E-state index contributed by atoms with van der Waals surface area (Å²) in [4.78, 5) is 3.71. The fraction of sp³-hybridized carbons (Fsp3) is 0.375. The molecule has 0 aliphatic rings. The molecule has 13 heavy (non-hydrogen) atoms. The molecule has 0 bridgehead atoms. The molecule has 0 aliphatic heterocycles. The lowest BCUT2D eigenvalue weighted by Crippen LogP contribution is -2.26. The Morgan fingerprint density at radius 1 is 1.69 bits per heavy atom. The van der Waals surface area contributed by atoms with Crippen LogP contribution in [0.4, 0.5) is 4.39 Å². The molecule has 1 aromatic rings. The molecule has 5 heteroatoms. The highest BCUT2D eigenvalue weighted by Crippen LogP contribution is 2.19. The molecule has 0 aromatic carbocycles. The Hall–Kier alpha value is -1.20. The number of rotatable bonds is 3. The van der Waals surface area contributed by atoms with Crippen molar-refractivity contribution in [1.82, 2.24) is 10.4 Å². The van der Waals surface area contributed by atoms with Gasteiger partial charge in [-0.05, 0) is 6.92 Å². The molecule has 0 aliphatic carbocycles. The molecule has 0 fully saturated rings. The van der Waals surface area contributed by atoms with Crippen LogP contribution in [0.15, 0.2) is 12.3 Å². The van der Waals surface area contributed by atoms with Gasteiger partial charge < -0.3 is 4.74 Å². The molecule has 1 unspecified atom stereocenters. The summed E-state index contributed by atoms with van der Waals surface area (Å²) in [7, 11) is 1.48. The minimum Gasteiger partial charge on any atom is -0.481 e. The second kappa shape index (κ2) is 4.15. The number of hydrogen-bond donors (Lipinski definition) is 2. The van der Waals surface area contributed by atoms with Crippen LogP contribution >= 0.6 is 0 Å². The highest BCUT2D eigenvalue weighted by Gasteiger charge is 2.10. The van der Waals surface area contributed by atoms with Gasteiger partial charge in [0.15, 0.2) is 0 Å². The molecule has 0 amide bonds. The summed E-state index contributed by atoms with van der Waals surface area (Å²) in [6, 6.07) is 1.25. The molecular weight excluding hydrogens is 173 g/mol. The van der Waals surface area contributed by atoms with Crippen LogP contribution < -0.4 is 16.0 Å². The van der Waals surface area contributed by atoms with Crippen LogP contribution in [-0.4, -0.2) is 12.1 Å². The van der Waals surface area contributed by atoms with E-state index < -0.39 is 5.82 Å². The van der Waals surface area contributed by atoms with Gasteiger partial charge in [0.05, 0.1) is 13.3 Å². The van der Waals surface area contributed by atoms with E-state index in [9.17, 15) is 4.39 Å². The summed E-state index contributed by atoms with van der Waals surface area (Å²) in [5.74, 6) is 5.16. The Bertz CT molecular complexity index is 293. The van der Waals surface area contributed by atoms with E-state index in [-0.39, 0.29) is 6.04 Å². The molecule has 0 radical (unpaired) electrons. The Kier molecular flexibility index (Phi) is 3.16. The number of hydrogen-bond acceptors (Lipinski definition) is 4. The number of aromatic nitrogens is 1. The third-order valence-electron chi connectivity index (χ3n) is 1.79. The van der Waals surface area contributed by atoms with Gasteiger partial charge in [0.25, 0.3) is 0 Å². The number of nitrogens with zero attached hydrogens (tertiary/aromatic N) is 1. The first-order valence-electron chi connectivity index (χ1n) is 3.84. The van der Waals surface area contributed by atoms with Gasteiger partial charge in [0.2, 0.25) is 5.88 Å². The number of hydrazine groups is 1. The van der Waals surface area contributed by atoms with Crippen LogP contribution in [0.2, 0.25) is 0 Å². The van der Waals surface area contributed by atoms with E-state index in [0.717, 1.165) is 6.20 Å². The van der Waals surface area contributed by atoms with E-state index in [1.54, 1.807) is 6.92 Å². The Morgan fingerprint density at radius 3 is 2.92 bits per heavy atom. The fourth-order valence-corrected chi connectivity index (χ4v) is 0.967. The lowest BCUT2D eigenvalue weighted by molar-refractivity contribution is 0.393. The Morgan fingerprint density at radius 2 is 2.38 bits per heavy atom. The molecule has 1 atom stereocenters. The monoisotopic (exact) mass is 185 g/mol. The van der Waals surface area contributed by atoms with Gasteiger partial charge in [0.1, 0.15) is 5.82 Å². The molecule has 3 N–H and O–H groups in total. The van der Waals surface area contributed by atoms with Crippen LogP contribution in [0.1, 0.15) is 18.5 Å². The zero-order chi connectivity index (χ0) is 9.84. The molecule has 4 nitrogen and oxygen atoms in total. The summed E-state index contributed by atoms with van der Waals surface area (Å²) < 4.78 is 18.0. The molecule has 72 valence electrons. The third-order valence-corrected chi connectivity index (χ3v) is 1.79. The van der Waals surface area contributed by atoms with Gasteiger partial charge >= 0.3 is 0 Å². The quantitative estimate of drug-likeness (QED) is 0.539. The Labute approximate surface area is 75.9 Å². The maximum atomic E-state index is 13.1. The Balaban J connectivity index is 3.03. The average molecular weight is 185 g/mol. The van der Waals surface area contributed by atoms with Crippen LogP contribution in [0.25, 0.3) is 0 Å². The summed E-state index contributed by atoms with van der Waals surface area (Å²) in [6.07, 6.45) is 1.11. The molecule has 0 saturated carbocycles. The van der Waals surface area contributed by atoms with Crippen molar-refractivity contribution >= 4 is 0 Å². The first-order valence-corrected chi connectivity index (χ1v) is 3.84. The van der Waals surface area contributed by atoms with Crippen molar-refractivity contribution in [2.24, 2.45) is 5.84 Å². The second-order valence-electron chi connectivity index (χ2n) is 2.64. The maximum absolute atomic E-state index is 13.1. The number of ether oxygens (including phenoxy) is 1. The van der Waals surface area contributed by atoms with Gasteiger partial charge in [0, 0.05) is 17.7 Å². The SMILES string of the molecule is COc1cc(C(C)NN)c(F)cn1. The lowest BCUT2D eigenvalue weighted by Gasteiger charge is -2.11. The average Bonchev–Trinajstić information content (AvgIpc) is 2.17. The van der Waals surface area contributed by atoms with E-state index in [2.05, 4.69) is 10.4 Å². The van der Waals surface area contributed by atoms with Gasteiger partial charge in [-0.2, -0.15) is 0 Å². The number of methoxy groups -OCH3 is 1. The highest BCUT2D eigenvalue weighted by molar-refractivity contribution is 5.24. The molecular formula is C8H12FN3O. The predicted octanol–water partition coefficient (Wildman–Crippen LogP) is 0.754. The number of halogens is 1. The van der Waals surface area contributed by atoms with Gasteiger partial charge in [-0.3, -0.25) is 11.3 Å². The van der Waals surface area contributed by atoms with E-state index in [1.807, 2.05) is 0 Å². The van der Waals surface area contributed by atoms with Crippen molar-refractivity contribution in [3.05, 3.63) is 23.6 Å². The van der Waals surface area contributed by atoms with Crippen LogP contribution in [0, 0.1) is 5.82 Å². The zero-order valence-corrected chi connectivity index (χ0v) is 7.54. The summed E-state index contributed by atoms with van der Waals surface area (Å²) >= 11 is 0. The zero-order valence-electron chi connectivity index (χ0n) is 7.54. The molecule has 1 rings (SSSR count). The first-order chi connectivity index (χ1) is 6.19. The molecule has 0 saturated heterocycles. The minimum absolute atomic E-state index is 0.267.